The molecular formula is C26H29F3N4OS. The fourth-order valence-electron chi connectivity index (χ4n) is 5.01. The lowest BCUT2D eigenvalue weighted by Gasteiger charge is -2.33. The monoisotopic (exact) mass is 502 g/mol. The number of hydrogen-bond acceptors (Lipinski definition) is 6. The third-order valence-corrected chi connectivity index (χ3v) is 7.64. The molecule has 3 aromatic rings. The van der Waals surface area contributed by atoms with Crippen LogP contribution in [0.5, 0.6) is 5.75 Å². The number of anilines is 1. The van der Waals surface area contributed by atoms with Gasteiger partial charge in [0.15, 0.2) is 0 Å². The summed E-state index contributed by atoms with van der Waals surface area (Å²) in [6, 6.07) is 6.22. The van der Waals surface area contributed by atoms with Gasteiger partial charge in [-0.1, -0.05) is 23.8 Å². The van der Waals surface area contributed by atoms with Crippen LogP contribution in [0.15, 0.2) is 30.1 Å². The third-order valence-electron chi connectivity index (χ3n) is 6.59. The molecule has 0 unspecified atom stereocenters. The molecule has 5 nitrogen and oxygen atoms in total. The van der Waals surface area contributed by atoms with Crippen LogP contribution in [0.3, 0.4) is 0 Å². The zero-order valence-electron chi connectivity index (χ0n) is 19.9. The van der Waals surface area contributed by atoms with Crippen LogP contribution in [0.25, 0.3) is 16.3 Å². The molecule has 5 rings (SSSR count). The number of nitrogens with one attached hydrogen (secondary N) is 1. The van der Waals surface area contributed by atoms with Crippen LogP contribution in [0.2, 0.25) is 0 Å². The van der Waals surface area contributed by atoms with E-state index in [9.17, 15) is 13.2 Å². The lowest BCUT2D eigenvalue weighted by molar-refractivity contribution is -0.126. The van der Waals surface area contributed by atoms with Gasteiger partial charge in [-0.05, 0) is 44.7 Å². The number of likely N-dealkylation sites (tertiary alicyclic amines) is 1. The van der Waals surface area contributed by atoms with Crippen LogP contribution in [0.4, 0.5) is 19.0 Å². The van der Waals surface area contributed by atoms with Crippen molar-refractivity contribution in [2.75, 3.05) is 25.0 Å². The van der Waals surface area contributed by atoms with Crippen molar-refractivity contribution in [3.63, 3.8) is 0 Å². The van der Waals surface area contributed by atoms with E-state index in [0.29, 0.717) is 22.6 Å². The highest BCUT2D eigenvalue weighted by molar-refractivity contribution is 7.18. The Kier molecular flexibility index (Phi) is 6.72. The Labute approximate surface area is 207 Å². The number of piperidine rings is 1. The summed E-state index contributed by atoms with van der Waals surface area (Å²) < 4.78 is 44.6. The molecule has 1 N–H and O–H groups in total. The van der Waals surface area contributed by atoms with E-state index in [2.05, 4.69) is 45.3 Å². The summed E-state index contributed by atoms with van der Waals surface area (Å²) in [7, 11) is 0. The molecule has 0 atom stereocenters. The Bertz CT molecular complexity index is 1250. The number of halogens is 3. The lowest BCUT2D eigenvalue weighted by Crippen LogP contribution is -2.38. The summed E-state index contributed by atoms with van der Waals surface area (Å²) in [6.07, 6.45) is 1.35. The summed E-state index contributed by atoms with van der Waals surface area (Å²) in [4.78, 5) is 11.8. The van der Waals surface area contributed by atoms with Gasteiger partial charge in [0, 0.05) is 41.7 Å². The summed E-state index contributed by atoms with van der Waals surface area (Å²) >= 11 is 1.08. The van der Waals surface area contributed by atoms with Gasteiger partial charge >= 0.3 is 6.18 Å². The minimum absolute atomic E-state index is 0.215. The van der Waals surface area contributed by atoms with Crippen molar-refractivity contribution in [1.29, 1.82) is 0 Å². The molecule has 1 saturated heterocycles. The zero-order chi connectivity index (χ0) is 24.6. The van der Waals surface area contributed by atoms with Gasteiger partial charge in [0.05, 0.1) is 18.4 Å². The first-order valence-electron chi connectivity index (χ1n) is 12.0. The number of rotatable bonds is 7. The van der Waals surface area contributed by atoms with E-state index in [4.69, 9.17) is 4.74 Å². The first-order chi connectivity index (χ1) is 16.8. The van der Waals surface area contributed by atoms with Crippen LogP contribution in [-0.4, -0.2) is 46.8 Å². The maximum absolute atomic E-state index is 12.8. The molecule has 2 aromatic heterocycles. The van der Waals surface area contributed by atoms with E-state index in [1.807, 2.05) is 6.92 Å². The predicted octanol–water partition coefficient (Wildman–Crippen LogP) is 6.23. The van der Waals surface area contributed by atoms with Crippen LogP contribution >= 0.6 is 11.3 Å². The predicted molar refractivity (Wildman–Crippen MR) is 134 cm³/mol. The minimum Gasteiger partial charge on any atom is -0.493 e. The minimum atomic E-state index is -4.23. The fraction of sp³-hybridized carbons (Fsp3) is 0.462. The highest BCUT2D eigenvalue weighted by atomic mass is 32.1. The average Bonchev–Trinajstić information content (AvgIpc) is 3.38. The number of alkyl halides is 3. The number of ether oxygens (including phenoxy) is 1. The van der Waals surface area contributed by atoms with E-state index < -0.39 is 12.6 Å². The number of allylic oxidation sites excluding steroid dienone is 1. The van der Waals surface area contributed by atoms with E-state index in [-0.39, 0.29) is 10.9 Å². The number of fused-ring (bicyclic) bond motifs is 2. The topological polar surface area (TPSA) is 50.3 Å². The molecular weight excluding hydrogens is 473 g/mol. The summed E-state index contributed by atoms with van der Waals surface area (Å²) in [6.45, 7) is 7.51. The van der Waals surface area contributed by atoms with Gasteiger partial charge in [0.2, 0.25) is 0 Å². The van der Waals surface area contributed by atoms with Gasteiger partial charge < -0.3 is 10.1 Å². The Balaban J connectivity index is 1.23. The van der Waals surface area contributed by atoms with Crippen LogP contribution in [0.1, 0.15) is 48.3 Å². The van der Waals surface area contributed by atoms with Crippen molar-refractivity contribution >= 4 is 33.4 Å². The normalized spacial score (nSPS) is 17.0. The SMILES string of the molecule is CCOc1c(CN2CCC(Nc3ncnc4sc(CC(F)(F)F)cc34)CC2)ccc2c1C=C(C)C2. The molecule has 9 heteroatoms. The molecule has 1 aromatic carbocycles. The summed E-state index contributed by atoms with van der Waals surface area (Å²) in [5, 5.41) is 4.14. The molecule has 3 heterocycles. The van der Waals surface area contributed by atoms with Crippen molar-refractivity contribution in [3.8, 4) is 5.75 Å². The molecule has 0 radical (unpaired) electrons. The van der Waals surface area contributed by atoms with Gasteiger partial charge in [-0.15, -0.1) is 11.3 Å². The van der Waals surface area contributed by atoms with E-state index in [1.54, 1.807) is 6.07 Å². The molecule has 2 aliphatic rings. The van der Waals surface area contributed by atoms with E-state index in [1.165, 1.54) is 28.6 Å². The third kappa shape index (κ3) is 5.46. The fourth-order valence-corrected chi connectivity index (χ4v) is 6.04. The van der Waals surface area contributed by atoms with Crippen molar-refractivity contribution in [2.24, 2.45) is 0 Å². The summed E-state index contributed by atoms with van der Waals surface area (Å²) in [5.74, 6) is 1.63. The first-order valence-corrected chi connectivity index (χ1v) is 12.8. The van der Waals surface area contributed by atoms with Crippen molar-refractivity contribution in [1.82, 2.24) is 14.9 Å². The Hall–Kier alpha value is -2.65. The van der Waals surface area contributed by atoms with Crippen LogP contribution in [-0.2, 0) is 19.4 Å². The van der Waals surface area contributed by atoms with Gasteiger partial charge in [0.25, 0.3) is 0 Å². The quantitative estimate of drug-likeness (QED) is 0.415. The standard InChI is InChI=1S/C26H29F3N4OS/c1-3-34-23-18(5-4-17-10-16(2)11-21(17)23)14-33-8-6-19(7-9-33)32-24-22-12-20(13-26(27,28)29)35-25(22)31-15-30-24/h4-5,11-12,15,19H,3,6-10,13-14H2,1-2H3,(H,30,31,32). The molecule has 1 fully saturated rings. The van der Waals surface area contributed by atoms with Gasteiger partial charge in [-0.2, -0.15) is 13.2 Å². The number of nitrogens with zero attached hydrogens (tertiary/aromatic N) is 3. The average molecular weight is 503 g/mol. The van der Waals surface area contributed by atoms with Crippen molar-refractivity contribution < 1.29 is 17.9 Å². The molecule has 1 aliphatic heterocycles. The number of benzene rings is 1. The molecule has 0 bridgehead atoms. The van der Waals surface area contributed by atoms with Crippen molar-refractivity contribution in [2.45, 2.75) is 58.3 Å². The molecule has 0 saturated carbocycles. The highest BCUT2D eigenvalue weighted by Crippen LogP contribution is 2.37. The molecule has 35 heavy (non-hydrogen) atoms. The largest absolute Gasteiger partial charge is 0.493 e. The van der Waals surface area contributed by atoms with Crippen LogP contribution in [0, 0.1) is 0 Å². The molecule has 0 spiro atoms. The van der Waals surface area contributed by atoms with Gasteiger partial charge in [-0.3, -0.25) is 4.90 Å². The van der Waals surface area contributed by atoms with E-state index >= 15 is 0 Å². The van der Waals surface area contributed by atoms with E-state index in [0.717, 1.165) is 56.0 Å². The Morgan fingerprint density at radius 3 is 2.74 bits per heavy atom. The second-order valence-electron chi connectivity index (χ2n) is 9.37. The van der Waals surface area contributed by atoms with Gasteiger partial charge in [0.1, 0.15) is 22.7 Å². The highest BCUT2D eigenvalue weighted by Gasteiger charge is 2.29. The smallest absolute Gasteiger partial charge is 0.393 e. The van der Waals surface area contributed by atoms with Crippen molar-refractivity contribution in [3.05, 3.63) is 51.7 Å². The molecule has 186 valence electrons. The van der Waals surface area contributed by atoms with Crippen LogP contribution < -0.4 is 10.1 Å². The maximum atomic E-state index is 12.8. The lowest BCUT2D eigenvalue weighted by atomic mass is 10.0. The Morgan fingerprint density at radius 1 is 1.20 bits per heavy atom. The number of aromatic nitrogens is 2. The second kappa shape index (κ2) is 9.78. The number of hydrogen-bond donors (Lipinski definition) is 1. The zero-order valence-corrected chi connectivity index (χ0v) is 20.7. The molecule has 1 aliphatic carbocycles. The summed E-state index contributed by atoms with van der Waals surface area (Å²) in [5.41, 5.74) is 5.14. The maximum Gasteiger partial charge on any atom is 0.393 e. The first kappa shape index (κ1) is 24.1. The Morgan fingerprint density at radius 2 is 2.00 bits per heavy atom. The number of thiophene rings is 1. The van der Waals surface area contributed by atoms with Gasteiger partial charge in [-0.25, -0.2) is 9.97 Å². The second-order valence-corrected chi connectivity index (χ2v) is 10.5. The molecule has 0 amide bonds.